The molecule has 0 fully saturated rings. The minimum Gasteiger partial charge on any atom is -0.329 e. The Hall–Kier alpha value is -1.75. The van der Waals surface area contributed by atoms with Gasteiger partial charge in [-0.15, -0.1) is 0 Å². The first-order chi connectivity index (χ1) is 9.61. The van der Waals surface area contributed by atoms with Crippen LogP contribution in [-0.2, 0) is 18.3 Å². The van der Waals surface area contributed by atoms with Crippen molar-refractivity contribution in [1.29, 1.82) is 0 Å². The number of aryl methyl sites for hydroxylation is 3. The number of aromatic nitrogens is 2. The van der Waals surface area contributed by atoms with Crippen molar-refractivity contribution in [2.24, 2.45) is 7.05 Å². The fourth-order valence-corrected chi connectivity index (χ4v) is 2.73. The van der Waals surface area contributed by atoms with E-state index >= 15 is 0 Å². The number of thioether (sulfide) groups is 1. The van der Waals surface area contributed by atoms with Gasteiger partial charge in [0.15, 0.2) is 5.16 Å². The Morgan fingerprint density at radius 1 is 1.45 bits per heavy atom. The molecule has 0 unspecified atom stereocenters. The monoisotopic (exact) mass is 289 g/mol. The highest BCUT2D eigenvalue weighted by Gasteiger charge is 2.10. The third-order valence-corrected chi connectivity index (χ3v) is 4.17. The highest BCUT2D eigenvalue weighted by atomic mass is 32.2. The van der Waals surface area contributed by atoms with Crippen LogP contribution in [0.25, 0.3) is 0 Å². The van der Waals surface area contributed by atoms with Crippen LogP contribution < -0.4 is 5.32 Å². The van der Waals surface area contributed by atoms with E-state index < -0.39 is 0 Å². The van der Waals surface area contributed by atoms with Crippen LogP contribution in [0.3, 0.4) is 0 Å². The average Bonchev–Trinajstić information content (AvgIpc) is 2.84. The van der Waals surface area contributed by atoms with Crippen molar-refractivity contribution in [3.05, 3.63) is 41.7 Å². The van der Waals surface area contributed by atoms with Gasteiger partial charge in [-0.1, -0.05) is 36.9 Å². The molecule has 0 bridgehead atoms. The van der Waals surface area contributed by atoms with E-state index in [1.807, 2.05) is 36.9 Å². The number of para-hydroxylation sites is 1. The van der Waals surface area contributed by atoms with Gasteiger partial charge in [-0.25, -0.2) is 4.98 Å². The van der Waals surface area contributed by atoms with Crippen molar-refractivity contribution in [1.82, 2.24) is 9.55 Å². The smallest absolute Gasteiger partial charge is 0.234 e. The second-order valence-electron chi connectivity index (χ2n) is 4.62. The van der Waals surface area contributed by atoms with Crippen molar-refractivity contribution >= 4 is 23.4 Å². The van der Waals surface area contributed by atoms with E-state index in [4.69, 9.17) is 0 Å². The van der Waals surface area contributed by atoms with E-state index in [0.717, 1.165) is 22.8 Å². The normalized spacial score (nSPS) is 10.6. The zero-order valence-electron chi connectivity index (χ0n) is 12.0. The van der Waals surface area contributed by atoms with Crippen molar-refractivity contribution in [2.75, 3.05) is 11.1 Å². The Labute approximate surface area is 123 Å². The average molecular weight is 289 g/mol. The Bertz CT molecular complexity index is 607. The van der Waals surface area contributed by atoms with Crippen LogP contribution >= 0.6 is 11.8 Å². The molecule has 0 saturated heterocycles. The van der Waals surface area contributed by atoms with Crippen LogP contribution in [0.5, 0.6) is 0 Å². The molecule has 2 rings (SSSR count). The second-order valence-corrected chi connectivity index (χ2v) is 5.56. The lowest BCUT2D eigenvalue weighted by atomic mass is 10.1. The number of carbonyl (C=O) groups excluding carboxylic acids is 1. The summed E-state index contributed by atoms with van der Waals surface area (Å²) in [5.41, 5.74) is 3.21. The Kier molecular flexibility index (Phi) is 4.84. The van der Waals surface area contributed by atoms with Crippen molar-refractivity contribution in [3.8, 4) is 0 Å². The molecule has 1 amide bonds. The van der Waals surface area contributed by atoms with Gasteiger partial charge in [-0.3, -0.25) is 4.79 Å². The van der Waals surface area contributed by atoms with Gasteiger partial charge in [0.2, 0.25) is 5.91 Å². The van der Waals surface area contributed by atoms with E-state index in [-0.39, 0.29) is 5.91 Å². The van der Waals surface area contributed by atoms with E-state index in [2.05, 4.69) is 23.3 Å². The molecule has 1 aromatic carbocycles. The summed E-state index contributed by atoms with van der Waals surface area (Å²) < 4.78 is 1.91. The first-order valence-corrected chi connectivity index (χ1v) is 7.58. The summed E-state index contributed by atoms with van der Waals surface area (Å²) in [6.45, 7) is 4.10. The third-order valence-electron chi connectivity index (χ3n) is 3.11. The molecular formula is C15H19N3OS. The van der Waals surface area contributed by atoms with Crippen LogP contribution in [0, 0.1) is 6.92 Å². The number of nitrogens with zero attached hydrogens (tertiary/aromatic N) is 2. The number of hydrogen-bond donors (Lipinski definition) is 1. The Morgan fingerprint density at radius 2 is 2.25 bits per heavy atom. The third kappa shape index (κ3) is 3.42. The molecule has 4 nitrogen and oxygen atoms in total. The van der Waals surface area contributed by atoms with Crippen molar-refractivity contribution in [2.45, 2.75) is 25.4 Å². The van der Waals surface area contributed by atoms with Gasteiger partial charge in [0, 0.05) is 25.1 Å². The molecule has 0 radical (unpaired) electrons. The van der Waals surface area contributed by atoms with E-state index in [9.17, 15) is 4.79 Å². The predicted molar refractivity (Wildman–Crippen MR) is 83.1 cm³/mol. The summed E-state index contributed by atoms with van der Waals surface area (Å²) >= 11 is 1.44. The molecule has 0 aliphatic heterocycles. The SMILES string of the molecule is CCc1cccc(C)c1NC(=O)CSc1nccn1C. The largest absolute Gasteiger partial charge is 0.329 e. The molecule has 0 saturated carbocycles. The van der Waals surface area contributed by atoms with Crippen LogP contribution in [0.4, 0.5) is 5.69 Å². The fraction of sp³-hybridized carbons (Fsp3) is 0.333. The van der Waals surface area contributed by atoms with Crippen LogP contribution in [0.1, 0.15) is 18.1 Å². The summed E-state index contributed by atoms with van der Waals surface area (Å²) in [7, 11) is 1.92. The molecule has 1 heterocycles. The number of hydrogen-bond acceptors (Lipinski definition) is 3. The van der Waals surface area contributed by atoms with Crippen LogP contribution in [0.2, 0.25) is 0 Å². The van der Waals surface area contributed by atoms with Gasteiger partial charge >= 0.3 is 0 Å². The predicted octanol–water partition coefficient (Wildman–Crippen LogP) is 3.02. The van der Waals surface area contributed by atoms with Gasteiger partial charge in [-0.2, -0.15) is 0 Å². The Balaban J connectivity index is 2.00. The number of nitrogens with one attached hydrogen (secondary N) is 1. The lowest BCUT2D eigenvalue weighted by Gasteiger charge is -2.12. The lowest BCUT2D eigenvalue weighted by molar-refractivity contribution is -0.113. The zero-order chi connectivity index (χ0) is 14.5. The molecular weight excluding hydrogens is 270 g/mol. The number of carbonyl (C=O) groups is 1. The molecule has 106 valence electrons. The van der Waals surface area contributed by atoms with Crippen LogP contribution in [0.15, 0.2) is 35.7 Å². The highest BCUT2D eigenvalue weighted by Crippen LogP contribution is 2.22. The first-order valence-electron chi connectivity index (χ1n) is 6.60. The maximum Gasteiger partial charge on any atom is 0.234 e. The fourth-order valence-electron chi connectivity index (χ4n) is 2.00. The van der Waals surface area contributed by atoms with Gasteiger partial charge in [0.05, 0.1) is 5.75 Å². The first kappa shape index (κ1) is 14.7. The summed E-state index contributed by atoms with van der Waals surface area (Å²) in [6.07, 6.45) is 4.51. The molecule has 0 aliphatic carbocycles. The standard InChI is InChI=1S/C15H19N3OS/c1-4-12-7-5-6-11(2)14(12)17-13(19)10-20-15-16-8-9-18(15)3/h5-9H,4,10H2,1-3H3,(H,17,19). The van der Waals surface area contributed by atoms with E-state index in [0.29, 0.717) is 5.75 Å². The zero-order valence-corrected chi connectivity index (χ0v) is 12.8. The van der Waals surface area contributed by atoms with Gasteiger partial charge in [0.1, 0.15) is 0 Å². The number of imidazole rings is 1. The van der Waals surface area contributed by atoms with Gasteiger partial charge < -0.3 is 9.88 Å². The minimum atomic E-state index is 0.00185. The summed E-state index contributed by atoms with van der Waals surface area (Å²) in [4.78, 5) is 16.3. The lowest BCUT2D eigenvalue weighted by Crippen LogP contribution is -2.16. The molecule has 5 heteroatoms. The van der Waals surface area contributed by atoms with Gasteiger partial charge in [0.25, 0.3) is 0 Å². The summed E-state index contributed by atoms with van der Waals surface area (Å²) in [5, 5.41) is 3.86. The summed E-state index contributed by atoms with van der Waals surface area (Å²) in [5.74, 6) is 0.365. The summed E-state index contributed by atoms with van der Waals surface area (Å²) in [6, 6.07) is 6.08. The Morgan fingerprint density at radius 3 is 2.90 bits per heavy atom. The minimum absolute atomic E-state index is 0.00185. The van der Waals surface area contributed by atoms with Crippen LogP contribution in [-0.4, -0.2) is 21.2 Å². The quantitative estimate of drug-likeness (QED) is 0.861. The molecule has 0 atom stereocenters. The van der Waals surface area contributed by atoms with Crippen molar-refractivity contribution in [3.63, 3.8) is 0 Å². The maximum absolute atomic E-state index is 12.1. The van der Waals surface area contributed by atoms with E-state index in [1.165, 1.54) is 17.3 Å². The molecule has 0 aliphatic rings. The topological polar surface area (TPSA) is 46.9 Å². The molecule has 1 aromatic heterocycles. The van der Waals surface area contributed by atoms with Gasteiger partial charge in [-0.05, 0) is 24.5 Å². The molecule has 20 heavy (non-hydrogen) atoms. The second kappa shape index (κ2) is 6.61. The molecule has 0 spiro atoms. The highest BCUT2D eigenvalue weighted by molar-refractivity contribution is 7.99. The van der Waals surface area contributed by atoms with E-state index in [1.54, 1.807) is 6.20 Å². The van der Waals surface area contributed by atoms with Crippen molar-refractivity contribution < 1.29 is 4.79 Å². The molecule has 1 N–H and O–H groups in total. The number of rotatable bonds is 5. The number of benzene rings is 1. The number of anilines is 1. The maximum atomic E-state index is 12.1. The number of amides is 1. The molecule has 2 aromatic rings.